The van der Waals surface area contributed by atoms with Gasteiger partial charge in [0.2, 0.25) is 5.69 Å². The number of hydrogen-bond donors (Lipinski definition) is 3. The summed E-state index contributed by atoms with van der Waals surface area (Å²) in [5, 5.41) is 41.4. The maximum absolute atomic E-state index is 12.4. The van der Waals surface area contributed by atoms with Gasteiger partial charge in [0.05, 0.1) is 47.0 Å². The first-order valence-corrected chi connectivity index (χ1v) is 14.5. The summed E-state index contributed by atoms with van der Waals surface area (Å²) in [6.45, 7) is 0. The van der Waals surface area contributed by atoms with Crippen LogP contribution in [0.25, 0.3) is 11.4 Å². The number of carboxylic acid groups (broad SMARTS) is 1. The lowest BCUT2D eigenvalue weighted by molar-refractivity contribution is -0.734. The Hall–Kier alpha value is -5.78. The molecule has 4 aromatic rings. The third kappa shape index (κ3) is 6.16. The van der Waals surface area contributed by atoms with E-state index in [4.69, 9.17) is 9.47 Å². The topological polar surface area (TPSA) is 289 Å². The van der Waals surface area contributed by atoms with E-state index in [0.29, 0.717) is 38.8 Å². The minimum atomic E-state index is -5.32. The number of nitrogens with zero attached hydrogens (tertiary/aromatic N) is 7. The average molecular weight is 669 g/mol. The van der Waals surface area contributed by atoms with Gasteiger partial charge in [-0.3, -0.25) is 29.3 Å². The summed E-state index contributed by atoms with van der Waals surface area (Å²) in [5.74, 6) is -1.72. The lowest BCUT2D eigenvalue weighted by Gasteiger charge is -2.10. The van der Waals surface area contributed by atoms with E-state index >= 15 is 0 Å². The Labute approximate surface area is 250 Å². The molecule has 1 aromatic heterocycles. The normalized spacial score (nSPS) is 11.6. The van der Waals surface area contributed by atoms with Crippen molar-refractivity contribution in [1.29, 1.82) is 0 Å². The first-order chi connectivity index (χ1) is 21.0. The molecule has 3 aromatic carbocycles. The van der Waals surface area contributed by atoms with Crippen LogP contribution in [0.4, 0.5) is 27.8 Å². The number of para-hydroxylation sites is 1. The van der Waals surface area contributed by atoms with Crippen LogP contribution in [0.5, 0.6) is 11.5 Å². The standard InChI is InChI=1S/C22H17N7O14S2/c1-42-17-8-15(28(32)33)19(44(36,37)38)10-13(17)26-23-21(25(22(30)31)12-6-4-3-5-7-12)24-27(26)14-11-20(45(39,40)41)16(29(34)35)9-18(14)43-2/h3-11H,1-2H3,(H2-,30,31,36,37,38,39,40,41)/p+1. The van der Waals surface area contributed by atoms with Gasteiger partial charge in [0, 0.05) is 22.0 Å². The molecule has 0 aliphatic rings. The van der Waals surface area contributed by atoms with E-state index < -0.39 is 86.2 Å². The number of carbonyl (C=O) groups is 1. The highest BCUT2D eigenvalue weighted by Gasteiger charge is 2.38. The molecule has 1 amide bonds. The van der Waals surface area contributed by atoms with Gasteiger partial charge in [-0.2, -0.15) is 21.7 Å². The zero-order valence-corrected chi connectivity index (χ0v) is 24.1. The largest absolute Gasteiger partial charge is 0.494 e. The number of nitro groups is 2. The van der Waals surface area contributed by atoms with Crippen molar-refractivity contribution in [3.63, 3.8) is 0 Å². The van der Waals surface area contributed by atoms with Crippen LogP contribution in [-0.4, -0.2) is 76.2 Å². The Balaban J connectivity index is 2.21. The summed E-state index contributed by atoms with van der Waals surface area (Å²) in [6, 6.07) is 9.40. The second-order valence-electron chi connectivity index (χ2n) is 8.48. The number of hydrogen-bond acceptors (Lipinski definition) is 13. The monoisotopic (exact) mass is 668 g/mol. The Bertz CT molecular complexity index is 1970. The summed E-state index contributed by atoms with van der Waals surface area (Å²) in [7, 11) is -8.62. The SMILES string of the molecule is COc1cc([N+](=O)[O-])c(S(=O)(=O)O)cc1-n1nc(N(C(=O)O)c2ccccc2)n[n+]1-c1cc(S(=O)(=O)O)c([N+](=O)[O-])cc1OC. The first kappa shape index (κ1) is 32.1. The molecular weight excluding hydrogens is 650 g/mol. The molecular formula is C22H18N7O14S2+. The highest BCUT2D eigenvalue weighted by Crippen LogP contribution is 2.36. The smallest absolute Gasteiger partial charge is 0.420 e. The molecule has 236 valence electrons. The summed E-state index contributed by atoms with van der Waals surface area (Å²) in [4.78, 5) is 32.4. The second-order valence-corrected chi connectivity index (χ2v) is 11.3. The van der Waals surface area contributed by atoms with E-state index in [1.807, 2.05) is 0 Å². The summed E-state index contributed by atoms with van der Waals surface area (Å²) in [5.41, 5.74) is -3.44. The predicted molar refractivity (Wildman–Crippen MR) is 146 cm³/mol. The maximum atomic E-state index is 12.4. The Morgan fingerprint density at radius 2 is 1.40 bits per heavy atom. The van der Waals surface area contributed by atoms with Crippen LogP contribution in [-0.2, 0) is 20.2 Å². The van der Waals surface area contributed by atoms with Crippen LogP contribution in [0, 0.1) is 20.2 Å². The Morgan fingerprint density at radius 3 is 1.87 bits per heavy atom. The molecule has 0 saturated heterocycles. The third-order valence-corrected chi connectivity index (χ3v) is 7.62. The molecule has 45 heavy (non-hydrogen) atoms. The average Bonchev–Trinajstić information content (AvgIpc) is 3.39. The van der Waals surface area contributed by atoms with Crippen LogP contribution in [0.15, 0.2) is 64.4 Å². The van der Waals surface area contributed by atoms with Crippen molar-refractivity contribution in [2.24, 2.45) is 0 Å². The van der Waals surface area contributed by atoms with Gasteiger partial charge in [0.15, 0.2) is 27.0 Å². The van der Waals surface area contributed by atoms with Crippen LogP contribution >= 0.6 is 0 Å². The highest BCUT2D eigenvalue weighted by atomic mass is 32.2. The minimum Gasteiger partial charge on any atom is -0.494 e. The molecule has 21 nitrogen and oxygen atoms in total. The number of methoxy groups -OCH3 is 2. The van der Waals surface area contributed by atoms with Gasteiger partial charge >= 0.3 is 32.3 Å². The molecule has 4 rings (SSSR count). The number of tetrazole rings is 1. The van der Waals surface area contributed by atoms with Crippen molar-refractivity contribution in [3.05, 3.63) is 74.8 Å². The van der Waals surface area contributed by atoms with Crippen molar-refractivity contribution in [2.75, 3.05) is 19.1 Å². The quantitative estimate of drug-likeness (QED) is 0.0937. The predicted octanol–water partition coefficient (Wildman–Crippen LogP) is 1.69. The third-order valence-electron chi connectivity index (χ3n) is 5.85. The van der Waals surface area contributed by atoms with E-state index in [1.54, 1.807) is 6.07 Å². The van der Waals surface area contributed by atoms with Gasteiger partial charge in [0.25, 0.3) is 11.4 Å². The lowest BCUT2D eigenvalue weighted by atomic mass is 10.2. The molecule has 0 atom stereocenters. The number of anilines is 2. The molecule has 0 radical (unpaired) electrons. The second kappa shape index (κ2) is 11.7. The zero-order chi connectivity index (χ0) is 33.4. The summed E-state index contributed by atoms with van der Waals surface area (Å²) < 4.78 is 78.4. The summed E-state index contributed by atoms with van der Waals surface area (Å²) in [6.07, 6.45) is -1.66. The fourth-order valence-corrected chi connectivity index (χ4v) is 5.30. The maximum Gasteiger partial charge on any atom is 0.420 e. The fraction of sp³-hybridized carbons (Fsp3) is 0.0909. The van der Waals surface area contributed by atoms with E-state index in [0.717, 1.165) is 14.2 Å². The Morgan fingerprint density at radius 1 is 0.889 bits per heavy atom. The first-order valence-electron chi connectivity index (χ1n) is 11.7. The minimum absolute atomic E-state index is 0.0297. The van der Waals surface area contributed by atoms with Crippen LogP contribution in [0.2, 0.25) is 0 Å². The number of ether oxygens (including phenoxy) is 2. The van der Waals surface area contributed by atoms with Crippen molar-refractivity contribution in [1.82, 2.24) is 15.0 Å². The molecule has 23 heteroatoms. The fourth-order valence-electron chi connectivity index (χ4n) is 3.98. The van der Waals surface area contributed by atoms with Crippen molar-refractivity contribution < 1.29 is 60.0 Å². The molecule has 0 unspecified atom stereocenters. The van der Waals surface area contributed by atoms with Crippen LogP contribution in [0.1, 0.15) is 0 Å². The molecule has 0 aliphatic heterocycles. The summed E-state index contributed by atoms with van der Waals surface area (Å²) >= 11 is 0. The Kier molecular flexibility index (Phi) is 8.37. The number of aromatic nitrogens is 4. The molecule has 0 saturated carbocycles. The number of amides is 1. The van der Waals surface area contributed by atoms with Crippen LogP contribution < -0.4 is 19.2 Å². The number of nitro benzene ring substituents is 2. The van der Waals surface area contributed by atoms with E-state index in [-0.39, 0.29) is 5.69 Å². The van der Waals surface area contributed by atoms with Gasteiger partial charge in [-0.05, 0) is 16.9 Å². The zero-order valence-electron chi connectivity index (χ0n) is 22.5. The molecule has 0 aliphatic carbocycles. The molecule has 1 heterocycles. The molecule has 0 bridgehead atoms. The van der Waals surface area contributed by atoms with Gasteiger partial charge in [-0.15, -0.1) is 0 Å². The van der Waals surface area contributed by atoms with Gasteiger partial charge < -0.3 is 14.6 Å². The van der Waals surface area contributed by atoms with Crippen molar-refractivity contribution >= 4 is 49.3 Å². The van der Waals surface area contributed by atoms with Crippen molar-refractivity contribution in [2.45, 2.75) is 9.79 Å². The van der Waals surface area contributed by atoms with Crippen LogP contribution in [0.3, 0.4) is 0 Å². The molecule has 0 fully saturated rings. The number of benzene rings is 3. The molecule has 3 N–H and O–H groups in total. The van der Waals surface area contributed by atoms with Crippen molar-refractivity contribution in [3.8, 4) is 22.9 Å². The van der Waals surface area contributed by atoms with E-state index in [9.17, 15) is 56.1 Å². The van der Waals surface area contributed by atoms with E-state index in [1.165, 1.54) is 24.3 Å². The van der Waals surface area contributed by atoms with Gasteiger partial charge in [0.1, 0.15) is 0 Å². The van der Waals surface area contributed by atoms with Gasteiger partial charge in [-0.25, -0.2) is 4.79 Å². The lowest BCUT2D eigenvalue weighted by Crippen LogP contribution is -2.44. The molecule has 0 spiro atoms. The highest BCUT2D eigenvalue weighted by molar-refractivity contribution is 7.86. The van der Waals surface area contributed by atoms with Gasteiger partial charge in [-0.1, -0.05) is 18.2 Å². The number of rotatable bonds is 10. The van der Waals surface area contributed by atoms with E-state index in [2.05, 4.69) is 10.2 Å².